The lowest BCUT2D eigenvalue weighted by Gasteiger charge is -2.18. The Balaban J connectivity index is 1.71. The number of anilines is 2. The number of carboxylic acids is 1. The summed E-state index contributed by atoms with van der Waals surface area (Å²) in [6.07, 6.45) is 0.291. The van der Waals surface area contributed by atoms with Crippen molar-refractivity contribution in [2.24, 2.45) is 0 Å². The molecule has 1 aliphatic heterocycles. The highest BCUT2D eigenvalue weighted by atomic mass is 16.6. The minimum absolute atomic E-state index is 0.149. The average molecular weight is 368 g/mol. The van der Waals surface area contributed by atoms with E-state index < -0.39 is 12.1 Å². The van der Waals surface area contributed by atoms with Crippen molar-refractivity contribution < 1.29 is 19.4 Å². The van der Waals surface area contributed by atoms with Crippen molar-refractivity contribution in [1.82, 2.24) is 0 Å². The standard InChI is InChI=1S/C21H24N2O4/c1-14-4-7-16(8-5-14)23(3)21(26)27-17-9-10-18-15(6-11-20(24)25)13-22(2)19(18)12-17/h4-5,7-10,12,15H,6,11,13H2,1-3H3,(H,24,25). The van der Waals surface area contributed by atoms with Crippen molar-refractivity contribution in [3.8, 4) is 5.75 Å². The molecule has 0 radical (unpaired) electrons. The molecule has 2 aromatic rings. The highest BCUT2D eigenvalue weighted by molar-refractivity contribution is 5.88. The van der Waals surface area contributed by atoms with Crippen LogP contribution in [0.15, 0.2) is 42.5 Å². The van der Waals surface area contributed by atoms with Crippen LogP contribution in [0.5, 0.6) is 5.75 Å². The zero-order valence-electron chi connectivity index (χ0n) is 15.8. The maximum Gasteiger partial charge on any atom is 0.419 e. The van der Waals surface area contributed by atoms with Crippen molar-refractivity contribution in [3.05, 3.63) is 53.6 Å². The van der Waals surface area contributed by atoms with E-state index in [0.717, 1.165) is 29.0 Å². The van der Waals surface area contributed by atoms with E-state index in [2.05, 4.69) is 4.90 Å². The van der Waals surface area contributed by atoms with Gasteiger partial charge < -0.3 is 14.7 Å². The number of carboxylic acid groups (broad SMARTS) is 1. The Hall–Kier alpha value is -3.02. The summed E-state index contributed by atoms with van der Waals surface area (Å²) in [5.74, 6) is -0.125. The molecule has 1 N–H and O–H groups in total. The lowest BCUT2D eigenvalue weighted by molar-refractivity contribution is -0.137. The minimum atomic E-state index is -0.782. The fraction of sp³-hybridized carbons (Fsp3) is 0.333. The zero-order chi connectivity index (χ0) is 19.6. The van der Waals surface area contributed by atoms with E-state index in [1.807, 2.05) is 50.4 Å². The second-order valence-electron chi connectivity index (χ2n) is 6.99. The summed E-state index contributed by atoms with van der Waals surface area (Å²) >= 11 is 0. The maximum atomic E-state index is 12.4. The van der Waals surface area contributed by atoms with E-state index in [4.69, 9.17) is 9.84 Å². The van der Waals surface area contributed by atoms with Crippen LogP contribution in [0.2, 0.25) is 0 Å². The zero-order valence-corrected chi connectivity index (χ0v) is 15.8. The molecular weight excluding hydrogens is 344 g/mol. The van der Waals surface area contributed by atoms with Gasteiger partial charge in [0.1, 0.15) is 5.75 Å². The number of rotatable bonds is 5. The molecule has 2 aromatic carbocycles. The number of aryl methyl sites for hydroxylation is 1. The largest absolute Gasteiger partial charge is 0.481 e. The molecule has 6 heteroatoms. The van der Waals surface area contributed by atoms with Crippen molar-refractivity contribution >= 4 is 23.4 Å². The van der Waals surface area contributed by atoms with E-state index in [1.165, 1.54) is 4.90 Å². The molecule has 1 amide bonds. The van der Waals surface area contributed by atoms with Crippen molar-refractivity contribution in [2.45, 2.75) is 25.7 Å². The molecular formula is C21H24N2O4. The minimum Gasteiger partial charge on any atom is -0.481 e. The van der Waals surface area contributed by atoms with Gasteiger partial charge in [-0.05, 0) is 37.1 Å². The maximum absolute atomic E-state index is 12.4. The molecule has 1 unspecified atom stereocenters. The first-order valence-electron chi connectivity index (χ1n) is 8.94. The highest BCUT2D eigenvalue weighted by Gasteiger charge is 2.27. The molecule has 0 fully saturated rings. The molecule has 1 aliphatic rings. The Labute approximate surface area is 159 Å². The molecule has 1 heterocycles. The smallest absolute Gasteiger partial charge is 0.419 e. The summed E-state index contributed by atoms with van der Waals surface area (Å²) in [6, 6.07) is 13.2. The number of carbonyl (C=O) groups is 2. The predicted molar refractivity (Wildman–Crippen MR) is 105 cm³/mol. The van der Waals surface area contributed by atoms with Crippen LogP contribution < -0.4 is 14.5 Å². The van der Waals surface area contributed by atoms with E-state index >= 15 is 0 Å². The van der Waals surface area contributed by atoms with Crippen LogP contribution in [0.1, 0.15) is 29.9 Å². The summed E-state index contributed by atoms with van der Waals surface area (Å²) in [4.78, 5) is 26.8. The Morgan fingerprint density at radius 1 is 1.22 bits per heavy atom. The van der Waals surface area contributed by atoms with Crippen LogP contribution in [-0.4, -0.2) is 37.8 Å². The first-order valence-corrected chi connectivity index (χ1v) is 8.94. The van der Waals surface area contributed by atoms with Gasteiger partial charge in [-0.2, -0.15) is 0 Å². The lowest BCUT2D eigenvalue weighted by Crippen LogP contribution is -2.29. The van der Waals surface area contributed by atoms with Gasteiger partial charge >= 0.3 is 12.1 Å². The van der Waals surface area contributed by atoms with Crippen LogP contribution in [0.25, 0.3) is 0 Å². The molecule has 142 valence electrons. The van der Waals surface area contributed by atoms with Crippen LogP contribution in [0.3, 0.4) is 0 Å². The summed E-state index contributed by atoms with van der Waals surface area (Å²) in [6.45, 7) is 2.76. The average Bonchev–Trinajstić information content (AvgIpc) is 2.95. The number of aliphatic carboxylic acids is 1. The molecule has 27 heavy (non-hydrogen) atoms. The topological polar surface area (TPSA) is 70.1 Å². The summed E-state index contributed by atoms with van der Waals surface area (Å²) in [5.41, 5.74) is 3.97. The number of nitrogens with zero attached hydrogens (tertiary/aromatic N) is 2. The molecule has 3 rings (SSSR count). The van der Waals surface area contributed by atoms with Crippen LogP contribution >= 0.6 is 0 Å². The number of amides is 1. The highest BCUT2D eigenvalue weighted by Crippen LogP contribution is 2.40. The summed E-state index contributed by atoms with van der Waals surface area (Å²) in [7, 11) is 3.64. The quantitative estimate of drug-likeness (QED) is 0.863. The SMILES string of the molecule is Cc1ccc(N(C)C(=O)Oc2ccc3c(c2)N(C)CC3CCC(=O)O)cc1. The Kier molecular flexibility index (Phi) is 5.35. The number of fused-ring (bicyclic) bond motifs is 1. The van der Waals surface area contributed by atoms with Crippen LogP contribution in [0, 0.1) is 6.92 Å². The summed E-state index contributed by atoms with van der Waals surface area (Å²) < 4.78 is 5.53. The van der Waals surface area contributed by atoms with Crippen molar-refractivity contribution in [1.29, 1.82) is 0 Å². The normalized spacial score (nSPS) is 15.4. The number of hydrogen-bond acceptors (Lipinski definition) is 4. The number of likely N-dealkylation sites (N-methyl/N-ethyl adjacent to an activating group) is 1. The van der Waals surface area contributed by atoms with Gasteiger partial charge in [0, 0.05) is 50.4 Å². The lowest BCUT2D eigenvalue weighted by atomic mass is 9.96. The van der Waals surface area contributed by atoms with E-state index in [9.17, 15) is 9.59 Å². The molecule has 0 aromatic heterocycles. The fourth-order valence-electron chi connectivity index (χ4n) is 3.38. The first kappa shape index (κ1) is 18.8. The van der Waals surface area contributed by atoms with Gasteiger partial charge in [-0.1, -0.05) is 23.8 Å². The number of hydrogen-bond donors (Lipinski definition) is 1. The van der Waals surface area contributed by atoms with Gasteiger partial charge in [0.25, 0.3) is 0 Å². The van der Waals surface area contributed by atoms with E-state index in [0.29, 0.717) is 12.2 Å². The molecule has 1 atom stereocenters. The summed E-state index contributed by atoms with van der Waals surface area (Å²) in [5, 5.41) is 8.92. The first-order chi connectivity index (χ1) is 12.8. The van der Waals surface area contributed by atoms with E-state index in [1.54, 1.807) is 13.1 Å². The van der Waals surface area contributed by atoms with Crippen LogP contribution in [-0.2, 0) is 4.79 Å². The third kappa shape index (κ3) is 4.22. The number of carbonyl (C=O) groups excluding carboxylic acids is 1. The van der Waals surface area contributed by atoms with Gasteiger partial charge in [0.05, 0.1) is 0 Å². The Bertz CT molecular complexity index is 848. The number of benzene rings is 2. The van der Waals surface area contributed by atoms with Gasteiger partial charge in [-0.15, -0.1) is 0 Å². The molecule has 0 spiro atoms. The number of ether oxygens (including phenoxy) is 1. The monoisotopic (exact) mass is 368 g/mol. The van der Waals surface area contributed by atoms with Crippen molar-refractivity contribution in [3.63, 3.8) is 0 Å². The Morgan fingerprint density at radius 3 is 2.59 bits per heavy atom. The van der Waals surface area contributed by atoms with Gasteiger partial charge in [0.15, 0.2) is 0 Å². The molecule has 0 aliphatic carbocycles. The van der Waals surface area contributed by atoms with Gasteiger partial charge in [0.2, 0.25) is 0 Å². The molecule has 0 saturated carbocycles. The van der Waals surface area contributed by atoms with E-state index in [-0.39, 0.29) is 12.3 Å². The molecule has 0 saturated heterocycles. The molecule has 6 nitrogen and oxygen atoms in total. The van der Waals surface area contributed by atoms with Crippen LogP contribution in [0.4, 0.5) is 16.2 Å². The third-order valence-corrected chi connectivity index (χ3v) is 4.95. The van der Waals surface area contributed by atoms with Crippen molar-refractivity contribution in [2.75, 3.05) is 30.4 Å². The Morgan fingerprint density at radius 2 is 1.93 bits per heavy atom. The van der Waals surface area contributed by atoms with Gasteiger partial charge in [-0.3, -0.25) is 9.69 Å². The second-order valence-corrected chi connectivity index (χ2v) is 6.99. The second kappa shape index (κ2) is 7.70. The fourth-order valence-corrected chi connectivity index (χ4v) is 3.38. The molecule has 0 bridgehead atoms. The third-order valence-electron chi connectivity index (χ3n) is 4.95. The van der Waals surface area contributed by atoms with Gasteiger partial charge in [-0.25, -0.2) is 4.79 Å². The predicted octanol–water partition coefficient (Wildman–Crippen LogP) is 4.03.